The van der Waals surface area contributed by atoms with Gasteiger partial charge in [-0.05, 0) is 75.3 Å². The van der Waals surface area contributed by atoms with Gasteiger partial charge in [-0.1, -0.05) is 6.07 Å². The lowest BCUT2D eigenvalue weighted by atomic mass is 9.85. The first kappa shape index (κ1) is 25.0. The van der Waals surface area contributed by atoms with E-state index >= 15 is 0 Å². The van der Waals surface area contributed by atoms with Crippen LogP contribution in [0.25, 0.3) is 11.0 Å². The third-order valence-electron chi connectivity index (χ3n) is 7.89. The van der Waals surface area contributed by atoms with Crippen molar-refractivity contribution in [2.24, 2.45) is 5.92 Å². The first-order valence-electron chi connectivity index (χ1n) is 12.8. The van der Waals surface area contributed by atoms with E-state index in [0.29, 0.717) is 19.3 Å². The molecule has 1 fully saturated rings. The predicted octanol–water partition coefficient (Wildman–Crippen LogP) is 5.50. The number of fused-ring (bicyclic) bond motifs is 3. The first-order chi connectivity index (χ1) is 17.8. The predicted molar refractivity (Wildman–Crippen MR) is 137 cm³/mol. The normalized spacial score (nSPS) is 21.5. The van der Waals surface area contributed by atoms with Gasteiger partial charge in [0, 0.05) is 24.1 Å². The Morgan fingerprint density at radius 1 is 1.11 bits per heavy atom. The number of aryl methyl sites for hydroxylation is 1. The number of carboxylic acids is 1. The Bertz CT molecular complexity index is 1350. The number of aromatic nitrogens is 2. The molecule has 1 amide bonds. The van der Waals surface area contributed by atoms with Gasteiger partial charge < -0.3 is 19.1 Å². The average Bonchev–Trinajstić information content (AvgIpc) is 3.26. The van der Waals surface area contributed by atoms with Crippen molar-refractivity contribution in [3.05, 3.63) is 53.1 Å². The van der Waals surface area contributed by atoms with Gasteiger partial charge in [0.25, 0.3) is 0 Å². The summed E-state index contributed by atoms with van der Waals surface area (Å²) in [5.41, 5.74) is 4.37. The zero-order valence-corrected chi connectivity index (χ0v) is 21.4. The monoisotopic (exact) mass is 509 g/mol. The molecular weight excluding hydrogens is 477 g/mol. The van der Waals surface area contributed by atoms with E-state index in [9.17, 15) is 19.1 Å². The summed E-state index contributed by atoms with van der Waals surface area (Å²) in [6, 6.07) is 8.98. The molecule has 1 aromatic heterocycles. The second-order valence-electron chi connectivity index (χ2n) is 10.0. The smallest absolute Gasteiger partial charge is 0.414 e. The van der Waals surface area contributed by atoms with Crippen LogP contribution in [0.3, 0.4) is 0 Å². The van der Waals surface area contributed by atoms with E-state index in [1.54, 1.807) is 11.0 Å². The quantitative estimate of drug-likeness (QED) is 0.488. The van der Waals surface area contributed by atoms with E-state index in [1.807, 2.05) is 25.1 Å². The summed E-state index contributed by atoms with van der Waals surface area (Å²) in [6.07, 6.45) is 4.26. The molecule has 3 aromatic rings. The maximum absolute atomic E-state index is 14.5. The van der Waals surface area contributed by atoms with Crippen molar-refractivity contribution in [1.29, 1.82) is 0 Å². The number of carbonyl (C=O) groups excluding carboxylic acids is 1. The highest BCUT2D eigenvalue weighted by Crippen LogP contribution is 2.40. The molecule has 0 unspecified atom stereocenters. The van der Waals surface area contributed by atoms with Gasteiger partial charge in [0.1, 0.15) is 5.82 Å². The summed E-state index contributed by atoms with van der Waals surface area (Å²) in [5, 5.41) is 9.48. The summed E-state index contributed by atoms with van der Waals surface area (Å²) >= 11 is 0. The number of anilines is 1. The van der Waals surface area contributed by atoms with Gasteiger partial charge in [-0.2, -0.15) is 0 Å². The number of carboxylic acid groups (broad SMARTS) is 1. The van der Waals surface area contributed by atoms with Crippen LogP contribution >= 0.6 is 0 Å². The molecule has 1 saturated carbocycles. The van der Waals surface area contributed by atoms with Gasteiger partial charge in [-0.15, -0.1) is 0 Å². The number of rotatable bonds is 5. The molecule has 8 nitrogen and oxygen atoms in total. The van der Waals surface area contributed by atoms with E-state index in [-0.39, 0.29) is 23.8 Å². The molecule has 0 bridgehead atoms. The van der Waals surface area contributed by atoms with Crippen LogP contribution in [0.5, 0.6) is 5.75 Å². The molecular formula is C28H32FN3O5. The third-order valence-corrected chi connectivity index (χ3v) is 7.89. The number of benzene rings is 2. The Morgan fingerprint density at radius 2 is 1.86 bits per heavy atom. The van der Waals surface area contributed by atoms with Gasteiger partial charge >= 0.3 is 12.1 Å². The van der Waals surface area contributed by atoms with Crippen molar-refractivity contribution in [3.63, 3.8) is 0 Å². The van der Waals surface area contributed by atoms with E-state index < -0.39 is 17.9 Å². The number of hydrogen-bond donors (Lipinski definition) is 1. The molecule has 2 aliphatic rings. The van der Waals surface area contributed by atoms with Crippen molar-refractivity contribution in [3.8, 4) is 5.75 Å². The largest absolute Gasteiger partial charge is 0.494 e. The fourth-order valence-corrected chi connectivity index (χ4v) is 5.94. The van der Waals surface area contributed by atoms with Crippen LogP contribution in [0.4, 0.5) is 14.9 Å². The van der Waals surface area contributed by atoms with Gasteiger partial charge in [0.15, 0.2) is 11.6 Å². The molecule has 196 valence electrons. The number of imidazole rings is 1. The maximum Gasteiger partial charge on any atom is 0.414 e. The van der Waals surface area contributed by atoms with Crippen LogP contribution in [0.15, 0.2) is 30.3 Å². The Morgan fingerprint density at radius 3 is 2.51 bits per heavy atom. The van der Waals surface area contributed by atoms with E-state index in [0.717, 1.165) is 59.4 Å². The van der Waals surface area contributed by atoms with Crippen molar-refractivity contribution in [2.45, 2.75) is 64.0 Å². The molecule has 9 heteroatoms. The Kier molecular flexibility index (Phi) is 6.79. The number of carbonyl (C=O) groups is 2. The van der Waals surface area contributed by atoms with Crippen molar-refractivity contribution < 1.29 is 28.6 Å². The van der Waals surface area contributed by atoms with Crippen LogP contribution in [-0.4, -0.2) is 47.0 Å². The minimum Gasteiger partial charge on any atom is -0.494 e. The van der Waals surface area contributed by atoms with E-state index in [2.05, 4.69) is 4.57 Å². The molecule has 1 aliphatic carbocycles. The molecule has 0 saturated heterocycles. The Labute approximate surface area is 215 Å². The second kappa shape index (κ2) is 10.0. The molecule has 0 radical (unpaired) electrons. The van der Waals surface area contributed by atoms with Crippen LogP contribution in [0, 0.1) is 11.7 Å². The number of nitrogens with zero attached hydrogens (tertiary/aromatic N) is 3. The first-order valence-corrected chi connectivity index (χ1v) is 12.8. The van der Waals surface area contributed by atoms with Crippen LogP contribution in [0.2, 0.25) is 0 Å². The number of halogens is 1. The summed E-state index contributed by atoms with van der Waals surface area (Å²) in [6.45, 7) is 2.01. The SMILES string of the molecule is COC(=O)N1c2ccc3c(nc(Cc4ccc(OC)c(F)c4)n3[C@H]3CC[C@H](C(=O)O)CC3)c2CC[C@@H]1C. The Balaban J connectivity index is 1.61. The minimum absolute atomic E-state index is 0.00697. The highest BCUT2D eigenvalue weighted by atomic mass is 19.1. The zero-order valence-electron chi connectivity index (χ0n) is 21.4. The van der Waals surface area contributed by atoms with E-state index in [1.165, 1.54) is 20.3 Å². The van der Waals surface area contributed by atoms with Crippen LogP contribution in [-0.2, 0) is 22.4 Å². The minimum atomic E-state index is -0.742. The van der Waals surface area contributed by atoms with Crippen molar-refractivity contribution >= 4 is 28.8 Å². The summed E-state index contributed by atoms with van der Waals surface area (Å²) in [7, 11) is 2.82. The standard InChI is InChI=1S/C28H32FN3O5/c1-16-4-10-20-22(31(16)28(35)37-3)11-12-23-26(20)30-25(15-17-5-13-24(36-2)21(29)14-17)32(23)19-8-6-18(7-9-19)27(33)34/h5,11-14,16,18-19H,4,6-10,15H2,1-3H3,(H,33,34)/t16-,18-,19-/m0/s1. The molecule has 37 heavy (non-hydrogen) atoms. The summed E-state index contributed by atoms with van der Waals surface area (Å²) < 4.78 is 26.8. The lowest BCUT2D eigenvalue weighted by Gasteiger charge is -2.34. The van der Waals surface area contributed by atoms with Gasteiger partial charge in [-0.25, -0.2) is 14.2 Å². The van der Waals surface area contributed by atoms with Gasteiger partial charge in [-0.3, -0.25) is 9.69 Å². The number of hydrogen-bond acceptors (Lipinski definition) is 5. The molecule has 5 rings (SSSR count). The van der Waals surface area contributed by atoms with Crippen LogP contribution in [0.1, 0.15) is 62.0 Å². The molecule has 2 aromatic carbocycles. The highest BCUT2D eigenvalue weighted by molar-refractivity contribution is 5.95. The number of amides is 1. The number of ether oxygens (including phenoxy) is 2. The summed E-state index contributed by atoms with van der Waals surface area (Å²) in [5.74, 6) is -0.503. The number of methoxy groups -OCH3 is 2. The topological polar surface area (TPSA) is 93.9 Å². The van der Waals surface area contributed by atoms with Crippen LogP contribution < -0.4 is 9.64 Å². The molecule has 1 N–H and O–H groups in total. The molecule has 0 spiro atoms. The second-order valence-corrected chi connectivity index (χ2v) is 10.0. The zero-order chi connectivity index (χ0) is 26.3. The average molecular weight is 510 g/mol. The number of aliphatic carboxylic acids is 1. The highest BCUT2D eigenvalue weighted by Gasteiger charge is 2.33. The third kappa shape index (κ3) is 4.51. The fraction of sp³-hybridized carbons (Fsp3) is 0.464. The fourth-order valence-electron chi connectivity index (χ4n) is 5.94. The lowest BCUT2D eigenvalue weighted by Crippen LogP contribution is -2.42. The maximum atomic E-state index is 14.5. The lowest BCUT2D eigenvalue weighted by molar-refractivity contribution is -0.143. The molecule has 1 atom stereocenters. The van der Waals surface area contributed by atoms with Crippen molar-refractivity contribution in [2.75, 3.05) is 19.1 Å². The Hall–Kier alpha value is -3.62. The van der Waals surface area contributed by atoms with Gasteiger partial charge in [0.05, 0.1) is 36.9 Å². The molecule has 2 heterocycles. The van der Waals surface area contributed by atoms with Gasteiger partial charge in [0.2, 0.25) is 0 Å². The summed E-state index contributed by atoms with van der Waals surface area (Å²) in [4.78, 5) is 30.9. The van der Waals surface area contributed by atoms with Crippen molar-refractivity contribution in [1.82, 2.24) is 9.55 Å². The molecule has 1 aliphatic heterocycles. The van der Waals surface area contributed by atoms with E-state index in [4.69, 9.17) is 14.5 Å².